The summed E-state index contributed by atoms with van der Waals surface area (Å²) in [6.07, 6.45) is 4.65. The molecule has 0 unspecified atom stereocenters. The van der Waals surface area contributed by atoms with Crippen LogP contribution in [-0.4, -0.2) is 18.4 Å². The smallest absolute Gasteiger partial charge is 0.261 e. The third kappa shape index (κ3) is 3.47. The molecule has 0 spiro atoms. The van der Waals surface area contributed by atoms with Crippen LogP contribution in [-0.2, 0) is 10.0 Å². The van der Waals surface area contributed by atoms with Gasteiger partial charge in [-0.05, 0) is 24.3 Å². The first-order valence-electron chi connectivity index (χ1n) is 6.90. The Balaban J connectivity index is 1.98. The summed E-state index contributed by atoms with van der Waals surface area (Å²) in [6, 6.07) is 11.3. The van der Waals surface area contributed by atoms with Gasteiger partial charge in [0.05, 0.1) is 16.3 Å². The van der Waals surface area contributed by atoms with E-state index in [9.17, 15) is 8.42 Å². The Hall–Kier alpha value is -2.64. The zero-order chi connectivity index (χ0) is 17.2. The third-order valence-electron chi connectivity index (χ3n) is 3.23. The molecular weight excluding hydrogens is 348 g/mol. The normalized spacial score (nSPS) is 11.2. The van der Waals surface area contributed by atoms with E-state index in [0.717, 1.165) is 0 Å². The fraction of sp³-hybridized carbons (Fsp3) is 0. The molecule has 8 heteroatoms. The molecule has 6 nitrogen and oxygen atoms in total. The predicted octanol–water partition coefficient (Wildman–Crippen LogP) is 3.18. The van der Waals surface area contributed by atoms with Gasteiger partial charge in [0.1, 0.15) is 0 Å². The first-order chi connectivity index (χ1) is 11.5. The van der Waals surface area contributed by atoms with Gasteiger partial charge in [0.2, 0.25) is 0 Å². The Morgan fingerprint density at radius 3 is 2.42 bits per heavy atom. The molecule has 0 amide bonds. The number of rotatable bonds is 4. The van der Waals surface area contributed by atoms with Crippen molar-refractivity contribution >= 4 is 33.0 Å². The highest BCUT2D eigenvalue weighted by Gasteiger charge is 2.16. The van der Waals surface area contributed by atoms with Gasteiger partial charge in [-0.25, -0.2) is 13.4 Å². The van der Waals surface area contributed by atoms with Crippen LogP contribution in [0.3, 0.4) is 0 Å². The van der Waals surface area contributed by atoms with Crippen LogP contribution < -0.4 is 10.5 Å². The van der Waals surface area contributed by atoms with Crippen LogP contribution in [0.25, 0.3) is 11.1 Å². The lowest BCUT2D eigenvalue weighted by Crippen LogP contribution is -2.13. The molecular formula is C16H13ClN4O2S. The van der Waals surface area contributed by atoms with E-state index in [1.54, 1.807) is 36.5 Å². The Kier molecular flexibility index (Phi) is 4.37. The minimum atomic E-state index is -3.76. The average Bonchev–Trinajstić information content (AvgIpc) is 2.57. The van der Waals surface area contributed by atoms with Crippen LogP contribution in [0.2, 0.25) is 5.15 Å². The minimum Gasteiger partial charge on any atom is -0.397 e. The lowest BCUT2D eigenvalue weighted by molar-refractivity contribution is 0.601. The number of hydrogen-bond donors (Lipinski definition) is 2. The lowest BCUT2D eigenvalue weighted by atomic mass is 10.1. The van der Waals surface area contributed by atoms with E-state index in [1.165, 1.54) is 24.5 Å². The second-order valence-electron chi connectivity index (χ2n) is 4.99. The number of benzene rings is 1. The topological polar surface area (TPSA) is 98.0 Å². The van der Waals surface area contributed by atoms with E-state index in [4.69, 9.17) is 17.3 Å². The summed E-state index contributed by atoms with van der Waals surface area (Å²) in [5.41, 5.74) is 7.75. The highest BCUT2D eigenvalue weighted by atomic mass is 35.5. The van der Waals surface area contributed by atoms with Crippen LogP contribution in [0.15, 0.2) is 66.0 Å². The molecule has 3 rings (SSSR count). The van der Waals surface area contributed by atoms with E-state index in [2.05, 4.69) is 14.7 Å². The van der Waals surface area contributed by atoms with Gasteiger partial charge in [0.15, 0.2) is 5.15 Å². The number of nitrogens with zero attached hydrogens (tertiary/aromatic N) is 2. The van der Waals surface area contributed by atoms with Crippen molar-refractivity contribution in [2.75, 3.05) is 10.5 Å². The number of hydrogen-bond acceptors (Lipinski definition) is 5. The van der Waals surface area contributed by atoms with E-state index in [1.807, 2.05) is 0 Å². The number of aromatic nitrogens is 2. The Bertz CT molecular complexity index is 978. The minimum absolute atomic E-state index is 0.0510. The molecule has 2 aromatic heterocycles. The monoisotopic (exact) mass is 360 g/mol. The molecule has 0 aliphatic heterocycles. The van der Waals surface area contributed by atoms with E-state index < -0.39 is 10.0 Å². The summed E-state index contributed by atoms with van der Waals surface area (Å²) in [4.78, 5) is 8.18. The quantitative estimate of drug-likeness (QED) is 0.696. The Morgan fingerprint density at radius 1 is 1.00 bits per heavy atom. The number of pyridine rings is 2. The van der Waals surface area contributed by atoms with Gasteiger partial charge in [0, 0.05) is 29.7 Å². The summed E-state index contributed by atoms with van der Waals surface area (Å²) in [7, 11) is -3.76. The zero-order valence-corrected chi connectivity index (χ0v) is 13.9. The molecule has 0 atom stereocenters. The van der Waals surface area contributed by atoms with Gasteiger partial charge in [0.25, 0.3) is 10.0 Å². The van der Waals surface area contributed by atoms with Gasteiger partial charge in [-0.15, -0.1) is 0 Å². The summed E-state index contributed by atoms with van der Waals surface area (Å²) in [6.45, 7) is 0. The van der Waals surface area contributed by atoms with Crippen molar-refractivity contribution in [1.29, 1.82) is 0 Å². The number of halogens is 1. The molecule has 1 aromatic carbocycles. The number of nitrogen functional groups attached to an aromatic ring is 1. The number of nitrogens with one attached hydrogen (secondary N) is 1. The summed E-state index contributed by atoms with van der Waals surface area (Å²) >= 11 is 6.03. The van der Waals surface area contributed by atoms with Crippen molar-refractivity contribution in [2.45, 2.75) is 4.90 Å². The molecule has 0 radical (unpaired) electrons. The molecule has 0 saturated heterocycles. The van der Waals surface area contributed by atoms with Crippen LogP contribution in [0.1, 0.15) is 0 Å². The Morgan fingerprint density at radius 2 is 1.71 bits per heavy atom. The molecule has 0 saturated carbocycles. The molecule has 0 aliphatic carbocycles. The first kappa shape index (κ1) is 16.2. The molecule has 3 aromatic rings. The van der Waals surface area contributed by atoms with Gasteiger partial charge in [-0.3, -0.25) is 9.71 Å². The van der Waals surface area contributed by atoms with Gasteiger partial charge < -0.3 is 5.73 Å². The number of nitrogens with two attached hydrogens (primary N) is 1. The third-order valence-corrected chi connectivity index (χ3v) is 4.91. The lowest BCUT2D eigenvalue weighted by Gasteiger charge is -2.11. The molecule has 0 aliphatic rings. The van der Waals surface area contributed by atoms with Crippen molar-refractivity contribution in [3.63, 3.8) is 0 Å². The van der Waals surface area contributed by atoms with Gasteiger partial charge in [-0.2, -0.15) is 0 Å². The first-order valence-corrected chi connectivity index (χ1v) is 8.76. The number of sulfonamides is 1. The highest BCUT2D eigenvalue weighted by molar-refractivity contribution is 7.92. The van der Waals surface area contributed by atoms with Crippen LogP contribution in [0, 0.1) is 0 Å². The standard InChI is InChI=1S/C16H13ClN4O2S/c17-16-15(21-24(22,23)14-4-2-1-3-5-14)7-12(9-20-16)11-6-13(18)10-19-8-11/h1-10,21H,18H2. The van der Waals surface area contributed by atoms with Gasteiger partial charge >= 0.3 is 0 Å². The molecule has 122 valence electrons. The molecule has 2 heterocycles. The fourth-order valence-corrected chi connectivity index (χ4v) is 3.38. The zero-order valence-electron chi connectivity index (χ0n) is 12.3. The SMILES string of the molecule is Nc1cncc(-c2cnc(Cl)c(NS(=O)(=O)c3ccccc3)c2)c1. The second kappa shape index (κ2) is 6.46. The van der Waals surface area contributed by atoms with Crippen molar-refractivity contribution in [3.05, 3.63) is 66.2 Å². The van der Waals surface area contributed by atoms with Crippen molar-refractivity contribution in [3.8, 4) is 11.1 Å². The molecule has 24 heavy (non-hydrogen) atoms. The average molecular weight is 361 g/mol. The largest absolute Gasteiger partial charge is 0.397 e. The van der Waals surface area contributed by atoms with Crippen LogP contribution in [0.5, 0.6) is 0 Å². The Labute approximate surface area is 144 Å². The maximum absolute atomic E-state index is 12.4. The summed E-state index contributed by atoms with van der Waals surface area (Å²) in [5.74, 6) is 0. The summed E-state index contributed by atoms with van der Waals surface area (Å²) < 4.78 is 27.3. The maximum Gasteiger partial charge on any atom is 0.261 e. The number of anilines is 2. The molecule has 0 fully saturated rings. The second-order valence-corrected chi connectivity index (χ2v) is 7.03. The van der Waals surface area contributed by atoms with Crippen molar-refractivity contribution < 1.29 is 8.42 Å². The molecule has 3 N–H and O–H groups in total. The van der Waals surface area contributed by atoms with E-state index in [-0.39, 0.29) is 15.7 Å². The molecule has 0 bridgehead atoms. The van der Waals surface area contributed by atoms with Crippen LogP contribution in [0.4, 0.5) is 11.4 Å². The fourth-order valence-electron chi connectivity index (χ4n) is 2.10. The van der Waals surface area contributed by atoms with Crippen molar-refractivity contribution in [2.24, 2.45) is 0 Å². The van der Waals surface area contributed by atoms with Gasteiger partial charge in [-0.1, -0.05) is 29.8 Å². The van der Waals surface area contributed by atoms with Crippen molar-refractivity contribution in [1.82, 2.24) is 9.97 Å². The summed E-state index contributed by atoms with van der Waals surface area (Å²) in [5, 5.41) is 0.0510. The van der Waals surface area contributed by atoms with E-state index in [0.29, 0.717) is 16.8 Å². The maximum atomic E-state index is 12.4. The van der Waals surface area contributed by atoms with E-state index >= 15 is 0 Å². The van der Waals surface area contributed by atoms with Crippen LogP contribution >= 0.6 is 11.6 Å². The predicted molar refractivity (Wildman–Crippen MR) is 94.1 cm³/mol. The highest BCUT2D eigenvalue weighted by Crippen LogP contribution is 2.28.